The molecule has 19 heavy (non-hydrogen) atoms. The maximum atomic E-state index is 6.24. The van der Waals surface area contributed by atoms with Gasteiger partial charge in [-0.25, -0.2) is 4.98 Å². The zero-order chi connectivity index (χ0) is 14.3. The molecule has 0 saturated carbocycles. The molecule has 0 unspecified atom stereocenters. The first kappa shape index (κ1) is 15.0. The Balaban J connectivity index is 2.14. The second-order valence-corrected chi connectivity index (χ2v) is 12.3. The predicted octanol–water partition coefficient (Wildman–Crippen LogP) is 4.46. The van der Waals surface area contributed by atoms with Crippen molar-refractivity contribution in [1.29, 1.82) is 0 Å². The van der Waals surface area contributed by atoms with E-state index < -0.39 is 8.32 Å². The van der Waals surface area contributed by atoms with E-state index in [1.165, 1.54) is 5.56 Å². The quantitative estimate of drug-likeness (QED) is 0.573. The van der Waals surface area contributed by atoms with Crippen LogP contribution >= 0.6 is 22.6 Å². The molecule has 3 nitrogen and oxygen atoms in total. The first-order valence-electron chi connectivity index (χ1n) is 6.46. The van der Waals surface area contributed by atoms with Gasteiger partial charge in [-0.15, -0.1) is 0 Å². The Kier molecular flexibility index (Phi) is 4.09. The third-order valence-corrected chi connectivity index (χ3v) is 9.22. The van der Waals surface area contributed by atoms with E-state index in [9.17, 15) is 0 Å². The van der Waals surface area contributed by atoms with Crippen LogP contribution in [0, 0.1) is 3.70 Å². The second-order valence-electron chi connectivity index (χ2n) is 6.39. The lowest BCUT2D eigenvalue weighted by molar-refractivity contribution is 0.276. The first-order valence-corrected chi connectivity index (χ1v) is 10.4. The highest BCUT2D eigenvalue weighted by Gasteiger charge is 2.36. The van der Waals surface area contributed by atoms with Crippen LogP contribution in [-0.2, 0) is 11.0 Å². The molecule has 2 heterocycles. The van der Waals surface area contributed by atoms with E-state index in [1.807, 2.05) is 6.20 Å². The summed E-state index contributed by atoms with van der Waals surface area (Å²) < 4.78 is 9.44. The molecule has 0 N–H and O–H groups in total. The largest absolute Gasteiger partial charge is 0.413 e. The maximum absolute atomic E-state index is 6.24. The maximum Gasteiger partial charge on any atom is 0.192 e. The number of aromatic nitrogens is 2. The van der Waals surface area contributed by atoms with Crippen molar-refractivity contribution in [2.45, 2.75) is 45.5 Å². The van der Waals surface area contributed by atoms with Crippen molar-refractivity contribution < 1.29 is 4.43 Å². The zero-order valence-corrected chi connectivity index (χ0v) is 15.4. The number of nitrogens with zero attached hydrogens (tertiary/aromatic N) is 2. The van der Waals surface area contributed by atoms with E-state index in [-0.39, 0.29) is 5.04 Å². The summed E-state index contributed by atoms with van der Waals surface area (Å²) >= 11 is 2.29. The van der Waals surface area contributed by atoms with Crippen molar-refractivity contribution >= 4 is 36.6 Å². The molecule has 2 aromatic heterocycles. The lowest BCUT2D eigenvalue weighted by atomic mass is 10.2. The zero-order valence-electron chi connectivity index (χ0n) is 12.2. The minimum atomic E-state index is -1.68. The van der Waals surface area contributed by atoms with Crippen LogP contribution in [0.25, 0.3) is 5.65 Å². The van der Waals surface area contributed by atoms with Gasteiger partial charge in [0.25, 0.3) is 0 Å². The molecule has 104 valence electrons. The smallest absolute Gasteiger partial charge is 0.192 e. The van der Waals surface area contributed by atoms with Crippen LogP contribution in [0.5, 0.6) is 0 Å². The van der Waals surface area contributed by atoms with Crippen molar-refractivity contribution in [3.05, 3.63) is 33.8 Å². The van der Waals surface area contributed by atoms with Gasteiger partial charge in [-0.2, -0.15) is 0 Å². The van der Waals surface area contributed by atoms with Gasteiger partial charge in [0.05, 0.1) is 12.8 Å². The third-order valence-electron chi connectivity index (χ3n) is 3.94. The molecule has 2 rings (SSSR count). The average molecular weight is 388 g/mol. The summed E-state index contributed by atoms with van der Waals surface area (Å²) in [4.78, 5) is 4.38. The fraction of sp³-hybridized carbons (Fsp3) is 0.500. The molecular formula is C14H21IN2OSi. The summed E-state index contributed by atoms with van der Waals surface area (Å²) in [6.45, 7) is 12.0. The van der Waals surface area contributed by atoms with Crippen molar-refractivity contribution in [2.24, 2.45) is 0 Å². The molecule has 0 spiro atoms. The molecule has 0 fully saturated rings. The predicted molar refractivity (Wildman–Crippen MR) is 89.9 cm³/mol. The van der Waals surface area contributed by atoms with E-state index in [1.54, 1.807) is 0 Å². The van der Waals surface area contributed by atoms with Crippen molar-refractivity contribution in [3.63, 3.8) is 0 Å². The van der Waals surface area contributed by atoms with Gasteiger partial charge in [-0.1, -0.05) is 20.8 Å². The third kappa shape index (κ3) is 3.20. The van der Waals surface area contributed by atoms with Crippen molar-refractivity contribution in [2.75, 3.05) is 0 Å². The van der Waals surface area contributed by atoms with Gasteiger partial charge in [0.2, 0.25) is 0 Å². The molecule has 0 radical (unpaired) electrons. The lowest BCUT2D eigenvalue weighted by Gasteiger charge is -2.36. The number of fused-ring (bicyclic) bond motifs is 1. The number of rotatable bonds is 3. The van der Waals surface area contributed by atoms with Gasteiger partial charge in [-0.3, -0.25) is 4.40 Å². The van der Waals surface area contributed by atoms with Gasteiger partial charge in [-0.05, 0) is 58.4 Å². The second kappa shape index (κ2) is 5.18. The molecule has 0 amide bonds. The minimum Gasteiger partial charge on any atom is -0.413 e. The normalized spacial score (nSPS) is 13.2. The molecule has 0 aliphatic carbocycles. The summed E-state index contributed by atoms with van der Waals surface area (Å²) in [6, 6.07) is 4.22. The summed E-state index contributed by atoms with van der Waals surface area (Å²) in [5.74, 6) is 0. The van der Waals surface area contributed by atoms with E-state index in [4.69, 9.17) is 4.43 Å². The number of pyridine rings is 1. The number of hydrogen-bond donors (Lipinski definition) is 0. The van der Waals surface area contributed by atoms with E-state index in [0.29, 0.717) is 6.61 Å². The Morgan fingerprint density at radius 1 is 1.37 bits per heavy atom. The fourth-order valence-corrected chi connectivity index (χ4v) is 3.07. The highest BCUT2D eigenvalue weighted by Crippen LogP contribution is 2.37. The van der Waals surface area contributed by atoms with Crippen molar-refractivity contribution in [1.82, 2.24) is 9.38 Å². The fourth-order valence-electron chi connectivity index (χ4n) is 1.56. The van der Waals surface area contributed by atoms with Crippen LogP contribution in [0.1, 0.15) is 26.3 Å². The summed E-state index contributed by atoms with van der Waals surface area (Å²) in [7, 11) is -1.68. The lowest BCUT2D eigenvalue weighted by Crippen LogP contribution is -2.40. The van der Waals surface area contributed by atoms with E-state index >= 15 is 0 Å². The van der Waals surface area contributed by atoms with Crippen LogP contribution < -0.4 is 0 Å². The highest BCUT2D eigenvalue weighted by atomic mass is 127. The van der Waals surface area contributed by atoms with E-state index in [2.05, 4.69) is 84.2 Å². The van der Waals surface area contributed by atoms with Crippen LogP contribution in [0.2, 0.25) is 18.1 Å². The SMILES string of the molecule is CC(C)(C)[Si](C)(C)OCc1ccn2c(I)cnc2c1. The van der Waals surface area contributed by atoms with Gasteiger partial charge in [0.1, 0.15) is 9.35 Å². The van der Waals surface area contributed by atoms with Crippen molar-refractivity contribution in [3.8, 4) is 0 Å². The van der Waals surface area contributed by atoms with Gasteiger partial charge < -0.3 is 4.43 Å². The molecule has 0 aliphatic heterocycles. The van der Waals surface area contributed by atoms with Gasteiger partial charge in [0, 0.05) is 6.20 Å². The molecular weight excluding hydrogens is 367 g/mol. The Bertz CT molecular complexity index is 587. The summed E-state index contributed by atoms with van der Waals surface area (Å²) in [5, 5.41) is 0.250. The summed E-state index contributed by atoms with van der Waals surface area (Å²) in [5.41, 5.74) is 2.18. The van der Waals surface area contributed by atoms with E-state index in [0.717, 1.165) is 9.35 Å². The molecule has 5 heteroatoms. The first-order chi connectivity index (χ1) is 8.71. The average Bonchev–Trinajstić information content (AvgIpc) is 2.67. The molecule has 0 bridgehead atoms. The Labute approximate surface area is 129 Å². The molecule has 2 aromatic rings. The number of halogens is 1. The molecule has 0 saturated heterocycles. The molecule has 0 atom stereocenters. The van der Waals surface area contributed by atoms with Gasteiger partial charge in [0.15, 0.2) is 8.32 Å². The molecule has 0 aromatic carbocycles. The Morgan fingerprint density at radius 3 is 2.68 bits per heavy atom. The number of imidazole rings is 1. The monoisotopic (exact) mass is 388 g/mol. The Hall–Kier alpha value is -0.403. The van der Waals surface area contributed by atoms with Crippen LogP contribution in [0.4, 0.5) is 0 Å². The topological polar surface area (TPSA) is 26.5 Å². The highest BCUT2D eigenvalue weighted by molar-refractivity contribution is 14.1. The summed E-state index contributed by atoms with van der Waals surface area (Å²) in [6.07, 6.45) is 3.95. The molecule has 0 aliphatic rings. The standard InChI is InChI=1S/C14H21IN2OSi/c1-14(2,3)19(4,5)18-10-11-6-7-17-12(15)9-16-13(17)8-11/h6-9H,10H2,1-5H3. The minimum absolute atomic E-state index is 0.250. The number of hydrogen-bond acceptors (Lipinski definition) is 2. The van der Waals surface area contributed by atoms with Crippen LogP contribution in [-0.4, -0.2) is 17.7 Å². The van der Waals surface area contributed by atoms with Crippen LogP contribution in [0.15, 0.2) is 24.5 Å². The Morgan fingerprint density at radius 2 is 2.05 bits per heavy atom. The van der Waals surface area contributed by atoms with Crippen LogP contribution in [0.3, 0.4) is 0 Å². The van der Waals surface area contributed by atoms with Gasteiger partial charge >= 0.3 is 0 Å².